The Morgan fingerprint density at radius 1 is 1.00 bits per heavy atom. The molecule has 1 aromatic heterocycles. The second-order valence-corrected chi connectivity index (χ2v) is 7.89. The number of carbonyl (C=O) groups excluding carboxylic acids is 1. The molecule has 25 heavy (non-hydrogen) atoms. The second kappa shape index (κ2) is 6.56. The fraction of sp³-hybridized carbons (Fsp3) is 0.389. The summed E-state index contributed by atoms with van der Waals surface area (Å²) >= 11 is 11.7. The Hall–Kier alpha value is -1.69. The van der Waals surface area contributed by atoms with E-state index >= 15 is 0 Å². The van der Waals surface area contributed by atoms with E-state index < -0.39 is 0 Å². The maximum Gasteiger partial charge on any atom is 0.227 e. The molecular weight excluding hydrogens is 359 g/mol. The summed E-state index contributed by atoms with van der Waals surface area (Å²) in [6.45, 7) is 4.40. The van der Waals surface area contributed by atoms with Gasteiger partial charge in [-0.25, -0.2) is 9.97 Å². The van der Waals surface area contributed by atoms with E-state index in [0.717, 1.165) is 44.1 Å². The van der Waals surface area contributed by atoms with E-state index in [1.54, 1.807) is 12.4 Å². The molecule has 3 heterocycles. The molecule has 2 aliphatic heterocycles. The van der Waals surface area contributed by atoms with Gasteiger partial charge in [0.1, 0.15) is 5.82 Å². The van der Waals surface area contributed by atoms with Gasteiger partial charge in [-0.15, -0.1) is 0 Å². The highest BCUT2D eigenvalue weighted by Gasteiger charge is 2.52. The molecule has 0 radical (unpaired) electrons. The van der Waals surface area contributed by atoms with Gasteiger partial charge in [-0.05, 0) is 17.7 Å². The lowest BCUT2D eigenvalue weighted by molar-refractivity contribution is -0.159. The van der Waals surface area contributed by atoms with Crippen molar-refractivity contribution in [1.82, 2.24) is 19.8 Å². The molecule has 0 atom stereocenters. The van der Waals surface area contributed by atoms with Gasteiger partial charge in [0.25, 0.3) is 0 Å². The number of hydrogen-bond donors (Lipinski definition) is 0. The normalized spacial score (nSPS) is 18.7. The summed E-state index contributed by atoms with van der Waals surface area (Å²) < 4.78 is 0. The van der Waals surface area contributed by atoms with Gasteiger partial charge in [-0.2, -0.15) is 0 Å². The van der Waals surface area contributed by atoms with Crippen molar-refractivity contribution in [2.45, 2.75) is 13.0 Å². The smallest absolute Gasteiger partial charge is 0.227 e. The van der Waals surface area contributed by atoms with Crippen molar-refractivity contribution in [2.24, 2.45) is 5.41 Å². The highest BCUT2D eigenvalue weighted by Crippen LogP contribution is 2.40. The highest BCUT2D eigenvalue weighted by molar-refractivity contribution is 6.30. The largest absolute Gasteiger partial charge is 0.341 e. The van der Waals surface area contributed by atoms with E-state index in [2.05, 4.69) is 14.9 Å². The molecular formula is C18H18Cl2N4O. The number of hydrogen-bond acceptors (Lipinski definition) is 4. The van der Waals surface area contributed by atoms with Gasteiger partial charge in [-0.3, -0.25) is 9.69 Å². The second-order valence-electron chi connectivity index (χ2n) is 7.02. The van der Waals surface area contributed by atoms with Crippen LogP contribution in [0.5, 0.6) is 0 Å². The van der Waals surface area contributed by atoms with Crippen LogP contribution in [0.2, 0.25) is 10.0 Å². The molecule has 1 spiro atoms. The molecule has 1 amide bonds. The summed E-state index contributed by atoms with van der Waals surface area (Å²) in [4.78, 5) is 25.1. The first-order valence-corrected chi connectivity index (χ1v) is 8.98. The molecule has 2 fully saturated rings. The molecule has 130 valence electrons. The molecule has 0 N–H and O–H groups in total. The van der Waals surface area contributed by atoms with E-state index in [9.17, 15) is 4.79 Å². The Balaban J connectivity index is 1.23. The summed E-state index contributed by atoms with van der Waals surface area (Å²) in [7, 11) is 0. The highest BCUT2D eigenvalue weighted by atomic mass is 35.5. The van der Waals surface area contributed by atoms with Gasteiger partial charge in [0.05, 0.1) is 18.0 Å². The number of rotatable bonds is 4. The quantitative estimate of drug-likeness (QED) is 0.822. The molecule has 2 aliphatic rings. The fourth-order valence-electron chi connectivity index (χ4n) is 3.66. The molecule has 2 saturated heterocycles. The fourth-order valence-corrected chi connectivity index (χ4v) is 3.89. The number of carbonyl (C=O) groups is 1. The summed E-state index contributed by atoms with van der Waals surface area (Å²) in [5, 5.41) is 1.25. The van der Waals surface area contributed by atoms with Crippen LogP contribution in [0.1, 0.15) is 11.4 Å². The van der Waals surface area contributed by atoms with Gasteiger partial charge in [0.15, 0.2) is 0 Å². The van der Waals surface area contributed by atoms with Crippen molar-refractivity contribution in [3.8, 4) is 0 Å². The van der Waals surface area contributed by atoms with Crippen molar-refractivity contribution < 1.29 is 4.79 Å². The van der Waals surface area contributed by atoms with E-state index in [0.29, 0.717) is 16.5 Å². The molecule has 7 heteroatoms. The summed E-state index contributed by atoms with van der Waals surface area (Å²) in [6.07, 6.45) is 3.69. The van der Waals surface area contributed by atoms with E-state index in [-0.39, 0.29) is 11.3 Å². The number of nitrogens with zero attached hydrogens (tertiary/aromatic N) is 4. The molecule has 0 saturated carbocycles. The Morgan fingerprint density at radius 3 is 2.28 bits per heavy atom. The zero-order valence-corrected chi connectivity index (χ0v) is 15.2. The number of amides is 1. The van der Waals surface area contributed by atoms with Crippen LogP contribution in [0, 0.1) is 5.41 Å². The van der Waals surface area contributed by atoms with Crippen LogP contribution in [0.15, 0.2) is 36.7 Å². The number of likely N-dealkylation sites (tertiary alicyclic amines) is 2. The molecule has 5 nitrogen and oxygen atoms in total. The molecule has 0 aliphatic carbocycles. The predicted molar refractivity (Wildman–Crippen MR) is 96.5 cm³/mol. The zero-order chi connectivity index (χ0) is 17.4. The summed E-state index contributed by atoms with van der Waals surface area (Å²) in [5.74, 6) is 0.974. The third-order valence-corrected chi connectivity index (χ3v) is 5.28. The maximum atomic E-state index is 12.4. The van der Waals surface area contributed by atoms with Crippen LogP contribution in [0.25, 0.3) is 0 Å². The van der Waals surface area contributed by atoms with Crippen molar-refractivity contribution in [2.75, 3.05) is 26.2 Å². The average molecular weight is 377 g/mol. The van der Waals surface area contributed by atoms with Gasteiger partial charge >= 0.3 is 0 Å². The van der Waals surface area contributed by atoms with Crippen LogP contribution < -0.4 is 0 Å². The first-order valence-electron chi connectivity index (χ1n) is 8.22. The SMILES string of the molecule is O=C(Cc1ccc(Cl)cc1)N1CC2(CN(Cc3ncc(Cl)cn3)C2)C1. The standard InChI is InChI=1S/C18H18Cl2N4O/c19-14-3-1-13(2-4-14)5-17(25)24-11-18(12-24)9-23(10-18)8-16-21-6-15(20)7-22-16/h1-4,6-7H,5,8-12H2. The maximum absolute atomic E-state index is 12.4. The summed E-state index contributed by atoms with van der Waals surface area (Å²) in [6, 6.07) is 7.47. The number of benzene rings is 1. The van der Waals surface area contributed by atoms with Crippen LogP contribution in [0.4, 0.5) is 0 Å². The topological polar surface area (TPSA) is 49.3 Å². The lowest BCUT2D eigenvalue weighted by atomic mass is 9.72. The number of aromatic nitrogens is 2. The van der Waals surface area contributed by atoms with Gasteiger partial charge in [0, 0.05) is 49.0 Å². The first kappa shape index (κ1) is 16.8. The Labute approximate surface area is 156 Å². The Kier molecular flexibility index (Phi) is 4.40. The van der Waals surface area contributed by atoms with E-state index in [1.165, 1.54) is 0 Å². The van der Waals surface area contributed by atoms with Crippen molar-refractivity contribution in [3.05, 3.63) is 58.1 Å². The molecule has 2 aromatic rings. The van der Waals surface area contributed by atoms with Gasteiger partial charge < -0.3 is 4.90 Å². The van der Waals surface area contributed by atoms with E-state index in [1.807, 2.05) is 29.2 Å². The molecule has 0 bridgehead atoms. The Morgan fingerprint density at radius 2 is 1.64 bits per heavy atom. The summed E-state index contributed by atoms with van der Waals surface area (Å²) in [5.41, 5.74) is 1.27. The first-order chi connectivity index (χ1) is 12.0. The third-order valence-electron chi connectivity index (χ3n) is 4.83. The van der Waals surface area contributed by atoms with Crippen LogP contribution in [-0.2, 0) is 17.8 Å². The lowest BCUT2D eigenvalue weighted by Crippen LogP contribution is -2.72. The van der Waals surface area contributed by atoms with Gasteiger partial charge in [-0.1, -0.05) is 35.3 Å². The minimum atomic E-state index is 0.187. The van der Waals surface area contributed by atoms with Crippen molar-refractivity contribution >= 4 is 29.1 Å². The van der Waals surface area contributed by atoms with Crippen LogP contribution in [0.3, 0.4) is 0 Å². The van der Waals surface area contributed by atoms with Crippen LogP contribution >= 0.6 is 23.2 Å². The number of halogens is 2. The lowest BCUT2D eigenvalue weighted by Gasteiger charge is -2.60. The monoisotopic (exact) mass is 376 g/mol. The molecule has 1 aromatic carbocycles. The molecule has 0 unspecified atom stereocenters. The minimum absolute atomic E-state index is 0.187. The van der Waals surface area contributed by atoms with Crippen molar-refractivity contribution in [3.63, 3.8) is 0 Å². The molecule has 4 rings (SSSR count). The third kappa shape index (κ3) is 3.64. The van der Waals surface area contributed by atoms with E-state index in [4.69, 9.17) is 23.2 Å². The van der Waals surface area contributed by atoms with Gasteiger partial charge in [0.2, 0.25) is 5.91 Å². The minimum Gasteiger partial charge on any atom is -0.341 e. The Bertz CT molecular complexity index is 765. The zero-order valence-electron chi connectivity index (χ0n) is 13.7. The van der Waals surface area contributed by atoms with Crippen molar-refractivity contribution in [1.29, 1.82) is 0 Å². The predicted octanol–water partition coefficient (Wildman–Crippen LogP) is 2.67. The van der Waals surface area contributed by atoms with Crippen LogP contribution in [-0.4, -0.2) is 51.9 Å². The average Bonchev–Trinajstić information content (AvgIpc) is 2.52.